The fourth-order valence-corrected chi connectivity index (χ4v) is 6.19. The summed E-state index contributed by atoms with van der Waals surface area (Å²) in [6, 6.07) is 23.1. The maximum absolute atomic E-state index is 2.32. The zero-order valence-corrected chi connectivity index (χ0v) is 12.3. The molecule has 19 heavy (non-hydrogen) atoms. The van der Waals surface area contributed by atoms with E-state index in [9.17, 15) is 0 Å². The molecule has 0 bridgehead atoms. The molecule has 0 radical (unpaired) electrons. The molecule has 0 aromatic heterocycles. The van der Waals surface area contributed by atoms with E-state index in [0.29, 0.717) is 0 Å². The maximum atomic E-state index is 2.32. The van der Waals surface area contributed by atoms with Gasteiger partial charge in [0.25, 0.3) is 0 Å². The van der Waals surface area contributed by atoms with E-state index in [1.54, 1.807) is 11.1 Å². The monoisotopic (exact) mass is 262 g/mol. The molecule has 1 saturated heterocycles. The molecule has 94 valence electrons. The van der Waals surface area contributed by atoms with E-state index in [2.05, 4.69) is 54.6 Å². The van der Waals surface area contributed by atoms with Crippen molar-refractivity contribution in [3.63, 3.8) is 0 Å². The Balaban J connectivity index is 1.89. The van der Waals surface area contributed by atoms with E-state index < -0.39 is 8.80 Å². The summed E-state index contributed by atoms with van der Waals surface area (Å²) in [6.45, 7) is 0. The van der Waals surface area contributed by atoms with Crippen LogP contribution in [0.25, 0.3) is 5.57 Å². The average molecular weight is 262 g/mol. The molecular formula is C18H18Si. The molecule has 0 unspecified atom stereocenters. The van der Waals surface area contributed by atoms with E-state index in [1.165, 1.54) is 36.1 Å². The number of hydrogen-bond acceptors (Lipinski definition) is 0. The van der Waals surface area contributed by atoms with Gasteiger partial charge in [0, 0.05) is 0 Å². The first kappa shape index (κ1) is 11.2. The van der Waals surface area contributed by atoms with Gasteiger partial charge in [0.05, 0.1) is 8.80 Å². The van der Waals surface area contributed by atoms with Crippen molar-refractivity contribution < 1.29 is 0 Å². The second-order valence-corrected chi connectivity index (χ2v) is 8.97. The summed E-state index contributed by atoms with van der Waals surface area (Å²) in [5.41, 5.74) is 6.08. The van der Waals surface area contributed by atoms with Crippen molar-refractivity contribution in [1.82, 2.24) is 0 Å². The topological polar surface area (TPSA) is 0 Å². The van der Waals surface area contributed by atoms with Gasteiger partial charge in [-0.1, -0.05) is 78.3 Å². The van der Waals surface area contributed by atoms with Gasteiger partial charge in [-0.25, -0.2) is 0 Å². The molecule has 1 heteroatoms. The molecule has 0 spiro atoms. The average Bonchev–Trinajstić information content (AvgIpc) is 2.76. The van der Waals surface area contributed by atoms with Crippen LogP contribution in [0.4, 0.5) is 0 Å². The van der Waals surface area contributed by atoms with E-state index in [0.717, 1.165) is 0 Å². The highest BCUT2D eigenvalue weighted by atomic mass is 28.3. The third-order valence-electron chi connectivity index (χ3n) is 4.65. The Labute approximate surface area is 116 Å². The van der Waals surface area contributed by atoms with Crippen LogP contribution >= 0.6 is 0 Å². The van der Waals surface area contributed by atoms with Crippen molar-refractivity contribution in [3.05, 3.63) is 76.5 Å². The molecule has 1 aliphatic carbocycles. The second-order valence-electron chi connectivity index (χ2n) is 5.73. The molecule has 0 saturated carbocycles. The Hall–Kier alpha value is -1.60. The Morgan fingerprint density at radius 3 is 2.26 bits per heavy atom. The molecule has 1 aliphatic heterocycles. The highest BCUT2D eigenvalue weighted by molar-refractivity contribution is 6.71. The maximum Gasteiger partial charge on any atom is 0.0669 e. The van der Waals surface area contributed by atoms with Gasteiger partial charge >= 0.3 is 0 Å². The molecule has 0 nitrogen and oxygen atoms in total. The zero-order valence-electron chi connectivity index (χ0n) is 11.1. The van der Waals surface area contributed by atoms with Gasteiger partial charge in [0.1, 0.15) is 0 Å². The van der Waals surface area contributed by atoms with Crippen LogP contribution in [-0.4, -0.2) is 8.80 Å². The van der Waals surface area contributed by atoms with Crippen LogP contribution in [0.3, 0.4) is 0 Å². The second kappa shape index (κ2) is 4.50. The fourth-order valence-electron chi connectivity index (χ4n) is 3.44. The van der Waals surface area contributed by atoms with Crippen molar-refractivity contribution in [1.29, 1.82) is 0 Å². The molecule has 1 heterocycles. The van der Waals surface area contributed by atoms with Crippen molar-refractivity contribution in [2.24, 2.45) is 0 Å². The van der Waals surface area contributed by atoms with Gasteiger partial charge in [-0.15, -0.1) is 0 Å². The van der Waals surface area contributed by atoms with Crippen LogP contribution in [0.5, 0.6) is 0 Å². The minimum atomic E-state index is -0.588. The Bertz CT molecular complexity index is 636. The summed E-state index contributed by atoms with van der Waals surface area (Å²) >= 11 is 0. The molecule has 4 rings (SSSR count). The minimum absolute atomic E-state index is 0.588. The van der Waals surface area contributed by atoms with Gasteiger partial charge in [0.15, 0.2) is 0 Å². The summed E-state index contributed by atoms with van der Waals surface area (Å²) in [5, 5.41) is 1.83. The largest absolute Gasteiger partial charge is 0.0715 e. The first-order valence-corrected chi connectivity index (χ1v) is 9.51. The molecule has 1 fully saturated rings. The molecule has 0 amide bonds. The molecule has 2 aromatic carbocycles. The SMILES string of the molecule is c1ccc(C2=C([SiH]3CCC3)Cc3ccccc32)cc1. The van der Waals surface area contributed by atoms with Crippen LogP contribution in [0.15, 0.2) is 59.8 Å². The lowest BCUT2D eigenvalue weighted by molar-refractivity contribution is 0.936. The van der Waals surface area contributed by atoms with Crippen LogP contribution < -0.4 is 0 Å². The van der Waals surface area contributed by atoms with E-state index in [4.69, 9.17) is 0 Å². The number of rotatable bonds is 2. The van der Waals surface area contributed by atoms with E-state index in [-0.39, 0.29) is 0 Å². The van der Waals surface area contributed by atoms with Crippen molar-refractivity contribution >= 4 is 14.4 Å². The zero-order chi connectivity index (χ0) is 12.7. The Morgan fingerprint density at radius 1 is 0.789 bits per heavy atom. The van der Waals surface area contributed by atoms with E-state index in [1.807, 2.05) is 5.20 Å². The lowest BCUT2D eigenvalue weighted by Gasteiger charge is -2.26. The van der Waals surface area contributed by atoms with Gasteiger partial charge < -0.3 is 0 Å². The molecule has 2 aliphatic rings. The third-order valence-corrected chi connectivity index (χ3v) is 8.34. The molecule has 0 N–H and O–H groups in total. The first-order valence-electron chi connectivity index (χ1n) is 7.30. The van der Waals surface area contributed by atoms with E-state index >= 15 is 0 Å². The number of allylic oxidation sites excluding steroid dienone is 1. The van der Waals surface area contributed by atoms with Crippen molar-refractivity contribution in [2.45, 2.75) is 24.9 Å². The standard InChI is InChI=1S/C18H18Si/c1-2-7-14(8-3-1)18-16-10-5-4-9-15(16)13-17(18)19-11-6-12-19/h1-5,7-10,19H,6,11-13H2. The summed E-state index contributed by atoms with van der Waals surface area (Å²) in [7, 11) is -0.588. The van der Waals surface area contributed by atoms with Crippen molar-refractivity contribution in [3.8, 4) is 0 Å². The molecule has 0 atom stereocenters. The van der Waals surface area contributed by atoms with Gasteiger partial charge in [0.2, 0.25) is 0 Å². The Morgan fingerprint density at radius 2 is 1.53 bits per heavy atom. The lowest BCUT2D eigenvalue weighted by atomic mass is 9.99. The number of hydrogen-bond donors (Lipinski definition) is 0. The summed E-state index contributed by atoms with van der Waals surface area (Å²) in [5.74, 6) is 0. The van der Waals surface area contributed by atoms with Gasteiger partial charge in [-0.3, -0.25) is 0 Å². The van der Waals surface area contributed by atoms with Gasteiger partial charge in [-0.2, -0.15) is 0 Å². The molecular weight excluding hydrogens is 244 g/mol. The summed E-state index contributed by atoms with van der Waals surface area (Å²) in [6.07, 6.45) is 2.70. The number of fused-ring (bicyclic) bond motifs is 1. The lowest BCUT2D eigenvalue weighted by Crippen LogP contribution is -2.25. The van der Waals surface area contributed by atoms with Crippen LogP contribution in [0.1, 0.15) is 23.1 Å². The van der Waals surface area contributed by atoms with Gasteiger partial charge in [-0.05, 0) is 28.7 Å². The van der Waals surface area contributed by atoms with Crippen LogP contribution in [0, 0.1) is 0 Å². The minimum Gasteiger partial charge on any atom is -0.0715 e. The van der Waals surface area contributed by atoms with Crippen LogP contribution in [0.2, 0.25) is 12.1 Å². The fraction of sp³-hybridized carbons (Fsp3) is 0.222. The Kier molecular flexibility index (Phi) is 2.66. The first-order chi connectivity index (χ1) is 9.43. The van der Waals surface area contributed by atoms with Crippen LogP contribution in [-0.2, 0) is 6.42 Å². The highest BCUT2D eigenvalue weighted by Crippen LogP contribution is 2.42. The third kappa shape index (κ3) is 1.80. The highest BCUT2D eigenvalue weighted by Gasteiger charge is 2.31. The summed E-state index contributed by atoms with van der Waals surface area (Å²) in [4.78, 5) is 0. The number of benzene rings is 2. The predicted molar refractivity (Wildman–Crippen MR) is 84.0 cm³/mol. The predicted octanol–water partition coefficient (Wildman–Crippen LogP) is 4.21. The smallest absolute Gasteiger partial charge is 0.0669 e. The molecule has 2 aromatic rings. The van der Waals surface area contributed by atoms with Crippen molar-refractivity contribution in [2.75, 3.05) is 0 Å². The normalized spacial score (nSPS) is 18.3. The quantitative estimate of drug-likeness (QED) is 0.711. The summed E-state index contributed by atoms with van der Waals surface area (Å²) < 4.78 is 0.